The number of ether oxygens (including phenoxy) is 1. The number of para-hydroxylation sites is 2. The van der Waals surface area contributed by atoms with E-state index in [-0.39, 0.29) is 18.9 Å². The fraction of sp³-hybridized carbons (Fsp3) is 0.208. The van der Waals surface area contributed by atoms with Crippen LogP contribution in [-0.2, 0) is 9.53 Å². The van der Waals surface area contributed by atoms with Gasteiger partial charge in [0, 0.05) is 29.6 Å². The number of hydrogen-bond donors (Lipinski definition) is 4. The monoisotopic (exact) mass is 475 g/mol. The molecule has 34 heavy (non-hydrogen) atoms. The van der Waals surface area contributed by atoms with Gasteiger partial charge in [0.2, 0.25) is 0 Å². The Morgan fingerprint density at radius 3 is 2.97 bits per heavy atom. The quantitative estimate of drug-likeness (QED) is 0.321. The molecule has 0 amide bonds. The van der Waals surface area contributed by atoms with E-state index in [1.807, 2.05) is 36.4 Å². The largest absolute Gasteiger partial charge is 0.461 e. The second-order valence-corrected chi connectivity index (χ2v) is 9.00. The van der Waals surface area contributed by atoms with E-state index in [0.717, 1.165) is 27.5 Å². The Labute approximate surface area is 198 Å². The van der Waals surface area contributed by atoms with Gasteiger partial charge < -0.3 is 29.8 Å². The van der Waals surface area contributed by atoms with Crippen LogP contribution in [0.3, 0.4) is 0 Å². The highest BCUT2D eigenvalue weighted by Crippen LogP contribution is 2.45. The van der Waals surface area contributed by atoms with Crippen LogP contribution in [0.5, 0.6) is 0 Å². The minimum Gasteiger partial charge on any atom is -0.461 e. The molecule has 0 spiro atoms. The first-order valence-corrected chi connectivity index (χ1v) is 11.8. The first-order valence-electron chi connectivity index (χ1n) is 11.0. The third kappa shape index (κ3) is 3.42. The fourth-order valence-electron chi connectivity index (χ4n) is 4.49. The van der Waals surface area contributed by atoms with Crippen molar-refractivity contribution in [3.8, 4) is 0 Å². The number of furan rings is 1. The molecule has 0 bridgehead atoms. The van der Waals surface area contributed by atoms with Crippen LogP contribution < -0.4 is 10.6 Å². The highest BCUT2D eigenvalue weighted by molar-refractivity contribution is 7.99. The van der Waals surface area contributed by atoms with Crippen LogP contribution in [0, 0.1) is 0 Å². The summed E-state index contributed by atoms with van der Waals surface area (Å²) in [7, 11) is 0. The van der Waals surface area contributed by atoms with E-state index in [4.69, 9.17) is 9.15 Å². The molecule has 0 fully saturated rings. The Morgan fingerprint density at radius 2 is 2.12 bits per heavy atom. The highest BCUT2D eigenvalue weighted by atomic mass is 32.2. The molecule has 4 aromatic rings. The summed E-state index contributed by atoms with van der Waals surface area (Å²) in [6, 6.07) is 11.6. The van der Waals surface area contributed by atoms with Crippen LogP contribution in [-0.4, -0.2) is 46.4 Å². The van der Waals surface area contributed by atoms with E-state index >= 15 is 0 Å². The number of nitrogens with zero attached hydrogens (tertiary/aromatic N) is 1. The molecule has 1 aromatic carbocycles. The normalized spacial score (nSPS) is 17.4. The maximum Gasteiger partial charge on any atom is 0.356 e. The molecule has 0 saturated carbocycles. The van der Waals surface area contributed by atoms with Gasteiger partial charge in [-0.3, -0.25) is 4.79 Å². The number of ketones is 1. The lowest BCUT2D eigenvalue weighted by molar-refractivity contribution is -0.115. The Kier molecular flexibility index (Phi) is 5.04. The van der Waals surface area contributed by atoms with E-state index in [1.54, 1.807) is 13.1 Å². The van der Waals surface area contributed by atoms with Gasteiger partial charge in [-0.05, 0) is 43.0 Å². The van der Waals surface area contributed by atoms with E-state index in [9.17, 15) is 9.59 Å². The van der Waals surface area contributed by atoms with Crippen LogP contribution >= 0.6 is 11.8 Å². The summed E-state index contributed by atoms with van der Waals surface area (Å²) in [4.78, 5) is 36.3. The van der Waals surface area contributed by atoms with Gasteiger partial charge in [0.15, 0.2) is 16.0 Å². The number of aromatic amines is 2. The van der Waals surface area contributed by atoms with Crippen molar-refractivity contribution >= 4 is 40.2 Å². The van der Waals surface area contributed by atoms with E-state index in [0.29, 0.717) is 34.4 Å². The third-order valence-electron chi connectivity index (χ3n) is 5.93. The van der Waals surface area contributed by atoms with E-state index < -0.39 is 11.9 Å². The Balaban J connectivity index is 1.38. The zero-order valence-corrected chi connectivity index (χ0v) is 19.0. The minimum atomic E-state index is -0.449. The lowest BCUT2D eigenvalue weighted by Crippen LogP contribution is -2.39. The second-order valence-electron chi connectivity index (χ2n) is 8.01. The lowest BCUT2D eigenvalue weighted by atomic mass is 9.82. The molecular weight excluding hydrogens is 454 g/mol. The molecule has 0 saturated heterocycles. The zero-order chi connectivity index (χ0) is 23.2. The van der Waals surface area contributed by atoms with Crippen molar-refractivity contribution in [2.24, 2.45) is 0 Å². The van der Waals surface area contributed by atoms with Gasteiger partial charge in [-0.25, -0.2) is 9.78 Å². The number of H-pyrrole nitrogens is 2. The van der Waals surface area contributed by atoms with Crippen molar-refractivity contribution < 1.29 is 18.7 Å². The molecule has 10 heteroatoms. The number of nitrogens with one attached hydrogen (secondary N) is 4. The third-order valence-corrected chi connectivity index (χ3v) is 6.74. The number of rotatable bonds is 5. The van der Waals surface area contributed by atoms with Crippen LogP contribution in [0.2, 0.25) is 0 Å². The maximum atomic E-state index is 12.9. The number of aromatic nitrogens is 3. The van der Waals surface area contributed by atoms with Crippen molar-refractivity contribution in [1.29, 1.82) is 0 Å². The summed E-state index contributed by atoms with van der Waals surface area (Å²) >= 11 is 1.38. The highest BCUT2D eigenvalue weighted by Gasteiger charge is 2.39. The smallest absolute Gasteiger partial charge is 0.356 e. The van der Waals surface area contributed by atoms with Gasteiger partial charge >= 0.3 is 5.97 Å². The molecule has 172 valence electrons. The number of Topliss-reactive ketones (excluding diaryl/α,β-unsaturated/α-hetero) is 1. The van der Waals surface area contributed by atoms with Gasteiger partial charge in [-0.2, -0.15) is 0 Å². The Bertz CT molecular complexity index is 1430. The predicted octanol–water partition coefficient (Wildman–Crippen LogP) is 3.80. The van der Waals surface area contributed by atoms with Crippen LogP contribution in [0.25, 0.3) is 11.0 Å². The molecule has 1 unspecified atom stereocenters. The van der Waals surface area contributed by atoms with Gasteiger partial charge in [-0.15, -0.1) is 0 Å². The molecule has 2 aliphatic heterocycles. The van der Waals surface area contributed by atoms with Crippen molar-refractivity contribution in [1.82, 2.24) is 20.3 Å². The molecular formula is C24H21N5O4S. The zero-order valence-electron chi connectivity index (χ0n) is 18.2. The summed E-state index contributed by atoms with van der Waals surface area (Å²) in [5, 5.41) is 7.76. The number of hydrogen-bond acceptors (Lipinski definition) is 8. The predicted molar refractivity (Wildman–Crippen MR) is 126 cm³/mol. The van der Waals surface area contributed by atoms with Crippen molar-refractivity contribution in [3.63, 3.8) is 0 Å². The lowest BCUT2D eigenvalue weighted by Gasteiger charge is -2.31. The number of carbonyl (C=O) groups excluding carboxylic acids is 2. The number of fused-ring (bicyclic) bond motifs is 2. The number of esters is 1. The molecule has 1 atom stereocenters. The first kappa shape index (κ1) is 20.8. The molecule has 5 heterocycles. The van der Waals surface area contributed by atoms with Crippen LogP contribution in [0.1, 0.15) is 34.7 Å². The first-order chi connectivity index (χ1) is 16.6. The molecule has 3 aromatic heterocycles. The summed E-state index contributed by atoms with van der Waals surface area (Å²) in [6.45, 7) is 2.77. The maximum absolute atomic E-state index is 12.9. The van der Waals surface area contributed by atoms with Crippen molar-refractivity contribution in [2.75, 3.05) is 25.0 Å². The number of imidazole rings is 1. The average Bonchev–Trinajstić information content (AvgIpc) is 3.56. The Hall–Kier alpha value is -3.76. The molecule has 4 N–H and O–H groups in total. The summed E-state index contributed by atoms with van der Waals surface area (Å²) in [5.74, 6) is -0.273. The van der Waals surface area contributed by atoms with Crippen LogP contribution in [0.4, 0.5) is 5.69 Å². The van der Waals surface area contributed by atoms with E-state index in [2.05, 4.69) is 25.6 Å². The number of benzene rings is 1. The van der Waals surface area contributed by atoms with Gasteiger partial charge in [0.05, 0.1) is 35.8 Å². The summed E-state index contributed by atoms with van der Waals surface area (Å²) in [5.41, 5.74) is 4.93. The molecule has 9 nitrogen and oxygen atoms in total. The second kappa shape index (κ2) is 8.23. The standard InChI is InChI=1S/C24H21N5O4S/c1-2-32-23(31)22-21-12(9-26-22)19(20-15(27-21)10-25-11-16(20)30)17-7-8-18(33-17)34-24-28-13-5-3-4-6-14(13)29-24/h3-9,19,25-27H,2,10-11H2,1H3,(H,28,29). The number of anilines is 1. The van der Waals surface area contributed by atoms with E-state index in [1.165, 1.54) is 11.8 Å². The van der Waals surface area contributed by atoms with Crippen molar-refractivity contribution in [3.05, 3.63) is 70.9 Å². The minimum absolute atomic E-state index is 0.00817. The van der Waals surface area contributed by atoms with Crippen molar-refractivity contribution in [2.45, 2.75) is 23.1 Å². The van der Waals surface area contributed by atoms with Crippen LogP contribution in [0.15, 0.2) is 68.5 Å². The Morgan fingerprint density at radius 1 is 1.24 bits per heavy atom. The summed E-state index contributed by atoms with van der Waals surface area (Å²) in [6.07, 6.45) is 1.74. The fourth-order valence-corrected chi connectivity index (χ4v) is 5.26. The topological polar surface area (TPSA) is 125 Å². The summed E-state index contributed by atoms with van der Waals surface area (Å²) < 4.78 is 11.4. The van der Waals surface area contributed by atoms with Gasteiger partial charge in [-0.1, -0.05) is 12.1 Å². The molecule has 6 rings (SSSR count). The molecule has 0 radical (unpaired) electrons. The van der Waals surface area contributed by atoms with Gasteiger partial charge in [0.25, 0.3) is 0 Å². The molecule has 0 aliphatic carbocycles. The average molecular weight is 476 g/mol. The van der Waals surface area contributed by atoms with Gasteiger partial charge in [0.1, 0.15) is 11.5 Å². The number of carbonyl (C=O) groups is 2. The molecule has 2 aliphatic rings. The SMILES string of the molecule is CCOC(=O)c1[nH]cc2c1NC1=C(C(=O)CNC1)C2c1ccc(Sc2nc3ccccc3[nH]2)o1.